The average molecular weight is 366 g/mol. The van der Waals surface area contributed by atoms with Gasteiger partial charge in [0.15, 0.2) is 0 Å². The van der Waals surface area contributed by atoms with Gasteiger partial charge in [0.2, 0.25) is 0 Å². The third-order valence-electron chi connectivity index (χ3n) is 4.88. The number of amides is 2. The molecule has 1 aliphatic heterocycles. The Labute approximate surface area is 157 Å². The first-order chi connectivity index (χ1) is 13.2. The molecular formula is C19H22N6O2. The maximum atomic E-state index is 12.7. The van der Waals surface area contributed by atoms with Crippen LogP contribution in [0.4, 0.5) is 16.2 Å². The van der Waals surface area contributed by atoms with Crippen molar-refractivity contribution in [3.8, 4) is 5.75 Å². The Hall–Kier alpha value is -3.29. The van der Waals surface area contributed by atoms with Crippen molar-refractivity contribution < 1.29 is 9.53 Å². The molecule has 0 radical (unpaired) electrons. The number of aromatic nitrogens is 3. The molecule has 2 N–H and O–H groups in total. The van der Waals surface area contributed by atoms with E-state index in [1.807, 2.05) is 41.3 Å². The summed E-state index contributed by atoms with van der Waals surface area (Å²) in [6.07, 6.45) is 0. The number of anilines is 2. The number of H-pyrrole nitrogens is 1. The molecule has 140 valence electrons. The number of nitrogens with one attached hydrogen (secondary N) is 2. The van der Waals surface area contributed by atoms with Gasteiger partial charge in [-0.2, -0.15) is 15.4 Å². The number of methoxy groups -OCH3 is 1. The highest BCUT2D eigenvalue weighted by Crippen LogP contribution is 2.29. The fourth-order valence-corrected chi connectivity index (χ4v) is 3.48. The second kappa shape index (κ2) is 7.14. The van der Waals surface area contributed by atoms with Gasteiger partial charge >= 0.3 is 6.03 Å². The number of benzene rings is 2. The summed E-state index contributed by atoms with van der Waals surface area (Å²) >= 11 is 0. The Morgan fingerprint density at radius 1 is 1.19 bits per heavy atom. The molecule has 3 aromatic rings. The highest BCUT2D eigenvalue weighted by molar-refractivity contribution is 5.92. The molecule has 0 saturated carbocycles. The molecule has 2 heterocycles. The number of carbonyl (C=O) groups excluding carboxylic acids is 1. The van der Waals surface area contributed by atoms with Crippen LogP contribution in [0, 0.1) is 0 Å². The molecule has 0 bridgehead atoms. The van der Waals surface area contributed by atoms with E-state index >= 15 is 0 Å². The van der Waals surface area contributed by atoms with Gasteiger partial charge in [0, 0.05) is 31.4 Å². The molecule has 2 aromatic carbocycles. The number of hydrogen-bond acceptors (Lipinski definition) is 5. The van der Waals surface area contributed by atoms with Crippen molar-refractivity contribution >= 4 is 28.4 Å². The zero-order valence-electron chi connectivity index (χ0n) is 15.3. The van der Waals surface area contributed by atoms with Crippen molar-refractivity contribution in [3.63, 3.8) is 0 Å². The molecule has 27 heavy (non-hydrogen) atoms. The lowest BCUT2D eigenvalue weighted by atomic mass is 10.1. The van der Waals surface area contributed by atoms with E-state index in [0.29, 0.717) is 12.2 Å². The number of fused-ring (bicyclic) bond motifs is 1. The molecular weight excluding hydrogens is 344 g/mol. The van der Waals surface area contributed by atoms with Crippen LogP contribution in [0.15, 0.2) is 42.5 Å². The van der Waals surface area contributed by atoms with Crippen molar-refractivity contribution in [1.29, 1.82) is 0 Å². The molecule has 0 spiro atoms. The van der Waals surface area contributed by atoms with Gasteiger partial charge in [0.05, 0.1) is 12.8 Å². The van der Waals surface area contributed by atoms with E-state index in [1.54, 1.807) is 7.11 Å². The quantitative estimate of drug-likeness (QED) is 0.744. The molecule has 0 unspecified atom stereocenters. The maximum Gasteiger partial charge on any atom is 0.322 e. The van der Waals surface area contributed by atoms with Crippen LogP contribution in [0.5, 0.6) is 5.75 Å². The normalized spacial score (nSPS) is 17.2. The minimum atomic E-state index is -0.106. The molecule has 0 aliphatic carbocycles. The van der Waals surface area contributed by atoms with E-state index in [2.05, 4.69) is 38.6 Å². The first kappa shape index (κ1) is 17.1. The molecule has 4 rings (SSSR count). The zero-order valence-corrected chi connectivity index (χ0v) is 15.3. The molecule has 1 saturated heterocycles. The van der Waals surface area contributed by atoms with Crippen molar-refractivity contribution in [2.45, 2.75) is 13.0 Å². The summed E-state index contributed by atoms with van der Waals surface area (Å²) in [5.41, 5.74) is 3.26. The highest BCUT2D eigenvalue weighted by Gasteiger charge is 2.28. The predicted molar refractivity (Wildman–Crippen MR) is 104 cm³/mol. The fourth-order valence-electron chi connectivity index (χ4n) is 3.48. The zero-order chi connectivity index (χ0) is 18.8. The SMILES string of the molecule is COc1ccccc1N1CCN(C(=O)Nc2ccc3n[nH]nc3c2)[C@@H](C)C1. The summed E-state index contributed by atoms with van der Waals surface area (Å²) in [4.78, 5) is 16.9. The highest BCUT2D eigenvalue weighted by atomic mass is 16.5. The first-order valence-electron chi connectivity index (χ1n) is 8.92. The molecule has 1 fully saturated rings. The number of rotatable bonds is 3. The van der Waals surface area contributed by atoms with Gasteiger partial charge in [0.1, 0.15) is 16.8 Å². The number of ether oxygens (including phenoxy) is 1. The average Bonchev–Trinajstić information content (AvgIpc) is 3.15. The predicted octanol–water partition coefficient (Wildman–Crippen LogP) is 2.71. The second-order valence-corrected chi connectivity index (χ2v) is 6.62. The van der Waals surface area contributed by atoms with E-state index in [1.165, 1.54) is 0 Å². The maximum absolute atomic E-state index is 12.7. The molecule has 2 amide bonds. The van der Waals surface area contributed by atoms with E-state index in [-0.39, 0.29) is 12.1 Å². The number of para-hydroxylation sites is 2. The fraction of sp³-hybridized carbons (Fsp3) is 0.316. The van der Waals surface area contributed by atoms with E-state index in [0.717, 1.165) is 35.6 Å². The van der Waals surface area contributed by atoms with E-state index in [4.69, 9.17) is 4.74 Å². The van der Waals surface area contributed by atoms with Gasteiger partial charge in [0.25, 0.3) is 0 Å². The third kappa shape index (κ3) is 3.38. The first-order valence-corrected chi connectivity index (χ1v) is 8.92. The lowest BCUT2D eigenvalue weighted by Gasteiger charge is -2.41. The lowest BCUT2D eigenvalue weighted by molar-refractivity contribution is 0.184. The standard InChI is InChI=1S/C19H22N6O2/c1-13-12-24(17-5-3-4-6-18(17)27-2)9-10-25(13)19(26)20-14-7-8-15-16(11-14)22-23-21-15/h3-8,11,13H,9-10,12H2,1-2H3,(H,20,26)(H,21,22,23)/t13-/m0/s1. The molecule has 8 heteroatoms. The van der Waals surface area contributed by atoms with Gasteiger partial charge in [-0.25, -0.2) is 4.79 Å². The number of urea groups is 1. The Morgan fingerprint density at radius 2 is 2.00 bits per heavy atom. The number of nitrogens with zero attached hydrogens (tertiary/aromatic N) is 4. The van der Waals surface area contributed by atoms with Crippen LogP contribution in [-0.2, 0) is 0 Å². The molecule has 1 atom stereocenters. The second-order valence-electron chi connectivity index (χ2n) is 6.62. The van der Waals surface area contributed by atoms with Crippen LogP contribution in [0.3, 0.4) is 0 Å². The number of hydrogen-bond donors (Lipinski definition) is 2. The van der Waals surface area contributed by atoms with Crippen molar-refractivity contribution in [2.24, 2.45) is 0 Å². The van der Waals surface area contributed by atoms with Crippen LogP contribution >= 0.6 is 0 Å². The van der Waals surface area contributed by atoms with Crippen LogP contribution in [0.2, 0.25) is 0 Å². The molecule has 1 aliphatic rings. The summed E-state index contributed by atoms with van der Waals surface area (Å²) < 4.78 is 5.47. The van der Waals surface area contributed by atoms with Crippen LogP contribution < -0.4 is 15.0 Å². The van der Waals surface area contributed by atoms with Crippen LogP contribution in [0.25, 0.3) is 11.0 Å². The minimum Gasteiger partial charge on any atom is -0.495 e. The number of piperazine rings is 1. The monoisotopic (exact) mass is 366 g/mol. The summed E-state index contributed by atoms with van der Waals surface area (Å²) in [5.74, 6) is 0.850. The van der Waals surface area contributed by atoms with Gasteiger partial charge in [-0.05, 0) is 37.3 Å². The van der Waals surface area contributed by atoms with Gasteiger partial charge in [-0.15, -0.1) is 0 Å². The summed E-state index contributed by atoms with van der Waals surface area (Å²) in [6, 6.07) is 13.4. The topological polar surface area (TPSA) is 86.4 Å². The van der Waals surface area contributed by atoms with Gasteiger partial charge < -0.3 is 19.9 Å². The summed E-state index contributed by atoms with van der Waals surface area (Å²) in [7, 11) is 1.68. The van der Waals surface area contributed by atoms with Crippen LogP contribution in [-0.4, -0.2) is 59.1 Å². The lowest BCUT2D eigenvalue weighted by Crippen LogP contribution is -2.55. The van der Waals surface area contributed by atoms with Gasteiger partial charge in [-0.3, -0.25) is 0 Å². The number of aromatic amines is 1. The minimum absolute atomic E-state index is 0.0689. The van der Waals surface area contributed by atoms with Crippen molar-refractivity contribution in [1.82, 2.24) is 20.3 Å². The van der Waals surface area contributed by atoms with E-state index in [9.17, 15) is 4.79 Å². The molecule has 8 nitrogen and oxygen atoms in total. The Balaban J connectivity index is 1.43. The largest absolute Gasteiger partial charge is 0.495 e. The van der Waals surface area contributed by atoms with Gasteiger partial charge in [-0.1, -0.05) is 12.1 Å². The number of carbonyl (C=O) groups is 1. The Bertz CT molecular complexity index is 956. The Morgan fingerprint density at radius 3 is 2.81 bits per heavy atom. The summed E-state index contributed by atoms with van der Waals surface area (Å²) in [6.45, 7) is 4.19. The van der Waals surface area contributed by atoms with Crippen molar-refractivity contribution in [3.05, 3.63) is 42.5 Å². The van der Waals surface area contributed by atoms with E-state index < -0.39 is 0 Å². The van der Waals surface area contributed by atoms with Crippen molar-refractivity contribution in [2.75, 3.05) is 37.0 Å². The third-order valence-corrected chi connectivity index (χ3v) is 4.88. The Kier molecular flexibility index (Phi) is 4.53. The van der Waals surface area contributed by atoms with Crippen LogP contribution in [0.1, 0.15) is 6.92 Å². The summed E-state index contributed by atoms with van der Waals surface area (Å²) in [5, 5.41) is 13.6. The molecule has 1 aromatic heterocycles. The smallest absolute Gasteiger partial charge is 0.322 e.